The summed E-state index contributed by atoms with van der Waals surface area (Å²) in [6.45, 7) is -1.20. The Bertz CT molecular complexity index is 669. The third kappa shape index (κ3) is 5.21. The lowest BCUT2D eigenvalue weighted by Crippen LogP contribution is -2.19. The summed E-state index contributed by atoms with van der Waals surface area (Å²) in [5, 5.41) is 0. The van der Waals surface area contributed by atoms with Crippen LogP contribution < -0.4 is 15.2 Å². The quantitative estimate of drug-likeness (QED) is 0.886. The summed E-state index contributed by atoms with van der Waals surface area (Å²) in [6, 6.07) is 12.5. The van der Waals surface area contributed by atoms with Gasteiger partial charge in [0.2, 0.25) is 0 Å². The average Bonchev–Trinajstić information content (AvgIpc) is 2.51. The van der Waals surface area contributed by atoms with Crippen LogP contribution >= 0.6 is 0 Å². The lowest BCUT2D eigenvalue weighted by molar-refractivity contribution is -0.153. The monoisotopic (exact) mass is 325 g/mol. The first-order valence-electron chi connectivity index (χ1n) is 6.65. The highest BCUT2D eigenvalue weighted by Crippen LogP contribution is 2.21. The van der Waals surface area contributed by atoms with Gasteiger partial charge in [0, 0.05) is 0 Å². The maximum Gasteiger partial charge on any atom is 0.422 e. The molecular formula is C16H14F3NO3. The van der Waals surface area contributed by atoms with E-state index in [1.54, 1.807) is 36.4 Å². The molecule has 122 valence electrons. The van der Waals surface area contributed by atoms with Gasteiger partial charge in [-0.15, -0.1) is 0 Å². The van der Waals surface area contributed by atoms with E-state index in [0.717, 1.165) is 0 Å². The predicted molar refractivity (Wildman–Crippen MR) is 77.3 cm³/mol. The molecule has 2 aromatic rings. The molecule has 0 aliphatic carbocycles. The third-order valence-electron chi connectivity index (χ3n) is 2.87. The van der Waals surface area contributed by atoms with Crippen molar-refractivity contribution in [3.63, 3.8) is 0 Å². The minimum Gasteiger partial charge on any atom is -0.488 e. The summed E-state index contributed by atoms with van der Waals surface area (Å²) >= 11 is 0. The first-order chi connectivity index (χ1) is 10.8. The SMILES string of the molecule is NC(=O)c1ccccc1OCc1ccc(OCC(F)(F)F)cc1. The molecule has 0 bridgehead atoms. The van der Waals surface area contributed by atoms with Gasteiger partial charge in [0.05, 0.1) is 5.56 Å². The fourth-order valence-electron chi connectivity index (χ4n) is 1.80. The fraction of sp³-hybridized carbons (Fsp3) is 0.188. The predicted octanol–water partition coefficient (Wildman–Crippen LogP) is 3.31. The maximum absolute atomic E-state index is 12.0. The van der Waals surface area contributed by atoms with Crippen LogP contribution in [0.3, 0.4) is 0 Å². The van der Waals surface area contributed by atoms with E-state index in [-0.39, 0.29) is 17.9 Å². The van der Waals surface area contributed by atoms with Crippen LogP contribution in [-0.2, 0) is 6.61 Å². The highest BCUT2D eigenvalue weighted by molar-refractivity contribution is 5.95. The van der Waals surface area contributed by atoms with Crippen molar-refractivity contribution >= 4 is 5.91 Å². The molecule has 2 rings (SSSR count). The maximum atomic E-state index is 12.0. The Labute approximate surface area is 130 Å². The zero-order valence-electron chi connectivity index (χ0n) is 12.0. The Balaban J connectivity index is 1.96. The third-order valence-corrected chi connectivity index (χ3v) is 2.87. The smallest absolute Gasteiger partial charge is 0.422 e. The number of hydrogen-bond donors (Lipinski definition) is 1. The second kappa shape index (κ2) is 7.04. The number of primary amides is 1. The minimum atomic E-state index is -4.37. The van der Waals surface area contributed by atoms with Gasteiger partial charge < -0.3 is 15.2 Å². The van der Waals surface area contributed by atoms with Crippen LogP contribution in [0.1, 0.15) is 15.9 Å². The summed E-state index contributed by atoms with van der Waals surface area (Å²) in [5.74, 6) is -0.141. The van der Waals surface area contributed by atoms with Crippen LogP contribution in [-0.4, -0.2) is 18.7 Å². The Morgan fingerprint density at radius 3 is 2.26 bits per heavy atom. The van der Waals surface area contributed by atoms with Crippen LogP contribution in [0.15, 0.2) is 48.5 Å². The van der Waals surface area contributed by atoms with Crippen LogP contribution in [0.25, 0.3) is 0 Å². The van der Waals surface area contributed by atoms with E-state index in [2.05, 4.69) is 4.74 Å². The number of halogens is 3. The zero-order chi connectivity index (χ0) is 16.9. The number of hydrogen-bond acceptors (Lipinski definition) is 3. The van der Waals surface area contributed by atoms with E-state index in [1.807, 2.05) is 0 Å². The molecule has 0 radical (unpaired) electrons. The molecule has 0 atom stereocenters. The normalized spacial score (nSPS) is 11.1. The molecule has 4 nitrogen and oxygen atoms in total. The first kappa shape index (κ1) is 16.7. The van der Waals surface area contributed by atoms with Crippen molar-refractivity contribution in [2.75, 3.05) is 6.61 Å². The number of amides is 1. The molecule has 0 unspecified atom stereocenters. The van der Waals surface area contributed by atoms with Gasteiger partial charge >= 0.3 is 6.18 Å². The molecule has 0 aliphatic rings. The Morgan fingerprint density at radius 1 is 1.00 bits per heavy atom. The van der Waals surface area contributed by atoms with Crippen molar-refractivity contribution in [2.24, 2.45) is 5.73 Å². The lowest BCUT2D eigenvalue weighted by Gasteiger charge is -2.11. The highest BCUT2D eigenvalue weighted by Gasteiger charge is 2.28. The molecule has 0 aliphatic heterocycles. The molecular weight excluding hydrogens is 311 g/mol. The Hall–Kier alpha value is -2.70. The highest BCUT2D eigenvalue weighted by atomic mass is 19.4. The van der Waals surface area contributed by atoms with Crippen LogP contribution in [0.4, 0.5) is 13.2 Å². The van der Waals surface area contributed by atoms with Crippen molar-refractivity contribution in [2.45, 2.75) is 12.8 Å². The molecule has 0 fully saturated rings. The summed E-state index contributed by atoms with van der Waals surface area (Å²) in [6.07, 6.45) is -4.37. The molecule has 0 aromatic heterocycles. The van der Waals surface area contributed by atoms with Crippen LogP contribution in [0.5, 0.6) is 11.5 Å². The summed E-state index contributed by atoms with van der Waals surface area (Å²) < 4.78 is 46.3. The lowest BCUT2D eigenvalue weighted by atomic mass is 10.2. The molecule has 23 heavy (non-hydrogen) atoms. The summed E-state index contributed by atoms with van der Waals surface area (Å²) in [7, 11) is 0. The van der Waals surface area contributed by atoms with Crippen LogP contribution in [0.2, 0.25) is 0 Å². The Kier molecular flexibility index (Phi) is 5.10. The number of rotatable bonds is 6. The molecule has 2 N–H and O–H groups in total. The molecule has 0 saturated heterocycles. The largest absolute Gasteiger partial charge is 0.488 e. The number of para-hydroxylation sites is 1. The second-order valence-electron chi connectivity index (χ2n) is 4.70. The zero-order valence-corrected chi connectivity index (χ0v) is 12.0. The first-order valence-corrected chi connectivity index (χ1v) is 6.65. The van der Waals surface area contributed by atoms with Crippen molar-refractivity contribution < 1.29 is 27.4 Å². The van der Waals surface area contributed by atoms with E-state index in [1.165, 1.54) is 12.1 Å². The van der Waals surface area contributed by atoms with Crippen molar-refractivity contribution in [3.8, 4) is 11.5 Å². The number of benzene rings is 2. The van der Waals surface area contributed by atoms with Crippen LogP contribution in [0, 0.1) is 0 Å². The van der Waals surface area contributed by atoms with E-state index in [4.69, 9.17) is 10.5 Å². The van der Waals surface area contributed by atoms with Gasteiger partial charge in [-0.3, -0.25) is 4.79 Å². The molecule has 2 aromatic carbocycles. The van der Waals surface area contributed by atoms with Gasteiger partial charge in [-0.25, -0.2) is 0 Å². The molecule has 0 heterocycles. The van der Waals surface area contributed by atoms with E-state index >= 15 is 0 Å². The topological polar surface area (TPSA) is 61.6 Å². The van der Waals surface area contributed by atoms with E-state index < -0.39 is 18.7 Å². The number of carbonyl (C=O) groups excluding carboxylic acids is 1. The summed E-state index contributed by atoms with van der Waals surface area (Å²) in [4.78, 5) is 11.3. The average molecular weight is 325 g/mol. The fourth-order valence-corrected chi connectivity index (χ4v) is 1.80. The molecule has 7 heteroatoms. The van der Waals surface area contributed by atoms with Gasteiger partial charge in [-0.05, 0) is 29.8 Å². The number of ether oxygens (including phenoxy) is 2. The van der Waals surface area contributed by atoms with Gasteiger partial charge in [0.1, 0.15) is 18.1 Å². The van der Waals surface area contributed by atoms with Gasteiger partial charge in [-0.1, -0.05) is 24.3 Å². The number of alkyl halides is 3. The van der Waals surface area contributed by atoms with E-state index in [9.17, 15) is 18.0 Å². The number of carbonyl (C=O) groups is 1. The molecule has 0 saturated carbocycles. The van der Waals surface area contributed by atoms with Crippen molar-refractivity contribution in [1.82, 2.24) is 0 Å². The minimum absolute atomic E-state index is 0.114. The molecule has 1 amide bonds. The van der Waals surface area contributed by atoms with Crippen molar-refractivity contribution in [1.29, 1.82) is 0 Å². The van der Waals surface area contributed by atoms with Gasteiger partial charge in [0.25, 0.3) is 5.91 Å². The van der Waals surface area contributed by atoms with Crippen molar-refractivity contribution in [3.05, 3.63) is 59.7 Å². The van der Waals surface area contributed by atoms with Gasteiger partial charge in [0.15, 0.2) is 6.61 Å². The molecule has 0 spiro atoms. The summed E-state index contributed by atoms with van der Waals surface area (Å²) in [5.41, 5.74) is 6.22. The standard InChI is InChI=1S/C16H14F3NO3/c17-16(18,19)10-23-12-7-5-11(6-8-12)9-22-14-4-2-1-3-13(14)15(20)21/h1-8H,9-10H2,(H2,20,21). The van der Waals surface area contributed by atoms with Gasteiger partial charge in [-0.2, -0.15) is 13.2 Å². The number of nitrogens with two attached hydrogens (primary N) is 1. The second-order valence-corrected chi connectivity index (χ2v) is 4.70. The Morgan fingerprint density at radius 2 is 1.65 bits per heavy atom. The van der Waals surface area contributed by atoms with E-state index in [0.29, 0.717) is 11.3 Å².